The summed E-state index contributed by atoms with van der Waals surface area (Å²) in [5, 5.41) is 3.07. The molecular weight excluding hydrogens is 383 g/mol. The molecule has 2 heterocycles. The van der Waals surface area contributed by atoms with Gasteiger partial charge in [0.15, 0.2) is 12.4 Å². The summed E-state index contributed by atoms with van der Waals surface area (Å²) < 4.78 is 5.09. The zero-order valence-corrected chi connectivity index (χ0v) is 15.8. The highest BCUT2D eigenvalue weighted by molar-refractivity contribution is 7.14. The van der Waals surface area contributed by atoms with Gasteiger partial charge in [0.2, 0.25) is 0 Å². The number of anilines is 1. The SMILES string of the molecule is C[C@H]1CCc2sc(C(=O)OCC(=O)Nc3ncc(Cl)cc3Cl)cc2C1. The highest BCUT2D eigenvalue weighted by atomic mass is 35.5. The molecule has 5 nitrogen and oxygen atoms in total. The number of hydrogen-bond donors (Lipinski definition) is 1. The molecule has 2 aromatic rings. The molecule has 0 fully saturated rings. The standard InChI is InChI=1S/C17H16Cl2N2O3S/c1-9-2-3-13-10(4-9)5-14(25-13)17(23)24-8-15(22)21-16-12(19)6-11(18)7-20-16/h5-7,9H,2-4,8H2,1H3,(H,20,21,22)/t9-/m0/s1. The number of hydrogen-bond acceptors (Lipinski definition) is 5. The number of nitrogens with one attached hydrogen (secondary N) is 1. The van der Waals surface area contributed by atoms with E-state index in [1.54, 1.807) is 0 Å². The normalized spacial score (nSPS) is 16.2. The van der Waals surface area contributed by atoms with Gasteiger partial charge in [-0.05, 0) is 42.9 Å². The Morgan fingerprint density at radius 3 is 2.96 bits per heavy atom. The molecule has 3 rings (SSSR count). The molecule has 2 aromatic heterocycles. The molecule has 0 bridgehead atoms. The number of aromatic nitrogens is 1. The third kappa shape index (κ3) is 4.51. The molecule has 0 saturated heterocycles. The zero-order valence-electron chi connectivity index (χ0n) is 13.5. The fourth-order valence-corrected chi connectivity index (χ4v) is 4.21. The monoisotopic (exact) mass is 398 g/mol. The Kier molecular flexibility index (Phi) is 5.61. The summed E-state index contributed by atoms with van der Waals surface area (Å²) in [4.78, 5) is 29.8. The number of carbonyl (C=O) groups is 2. The van der Waals surface area contributed by atoms with Crippen LogP contribution in [0.3, 0.4) is 0 Å². The molecule has 25 heavy (non-hydrogen) atoms. The van der Waals surface area contributed by atoms with Gasteiger partial charge in [-0.25, -0.2) is 9.78 Å². The number of fused-ring (bicyclic) bond motifs is 1. The lowest BCUT2D eigenvalue weighted by atomic mass is 9.90. The number of pyridine rings is 1. The highest BCUT2D eigenvalue weighted by Crippen LogP contribution is 2.32. The number of aryl methyl sites for hydroxylation is 1. The maximum atomic E-state index is 12.2. The fourth-order valence-electron chi connectivity index (χ4n) is 2.68. The third-order valence-electron chi connectivity index (χ3n) is 3.93. The molecule has 0 radical (unpaired) electrons. The van der Waals surface area contributed by atoms with Crippen LogP contribution in [0.2, 0.25) is 10.0 Å². The lowest BCUT2D eigenvalue weighted by Crippen LogP contribution is -2.21. The minimum Gasteiger partial charge on any atom is -0.451 e. The van der Waals surface area contributed by atoms with Crippen LogP contribution in [0.15, 0.2) is 18.3 Å². The lowest BCUT2D eigenvalue weighted by Gasteiger charge is -2.16. The van der Waals surface area contributed by atoms with Crippen LogP contribution in [0.25, 0.3) is 0 Å². The molecule has 0 saturated carbocycles. The Morgan fingerprint density at radius 1 is 1.40 bits per heavy atom. The van der Waals surface area contributed by atoms with Crippen LogP contribution in [0.5, 0.6) is 0 Å². The van der Waals surface area contributed by atoms with E-state index in [2.05, 4.69) is 17.2 Å². The summed E-state index contributed by atoms with van der Waals surface area (Å²) >= 11 is 13.1. The summed E-state index contributed by atoms with van der Waals surface area (Å²) in [5.74, 6) is -0.196. The Bertz CT molecular complexity index is 822. The predicted molar refractivity (Wildman–Crippen MR) is 98.7 cm³/mol. The van der Waals surface area contributed by atoms with E-state index in [-0.39, 0.29) is 10.8 Å². The van der Waals surface area contributed by atoms with Crippen molar-refractivity contribution in [2.75, 3.05) is 11.9 Å². The second-order valence-corrected chi connectivity index (χ2v) is 8.00. The van der Waals surface area contributed by atoms with E-state index in [0.29, 0.717) is 15.8 Å². The molecule has 8 heteroatoms. The lowest BCUT2D eigenvalue weighted by molar-refractivity contribution is -0.119. The van der Waals surface area contributed by atoms with Gasteiger partial charge in [-0.3, -0.25) is 4.79 Å². The van der Waals surface area contributed by atoms with Gasteiger partial charge in [-0.2, -0.15) is 0 Å². The van der Waals surface area contributed by atoms with Gasteiger partial charge < -0.3 is 10.1 Å². The van der Waals surface area contributed by atoms with Gasteiger partial charge in [0.25, 0.3) is 5.91 Å². The van der Waals surface area contributed by atoms with E-state index in [0.717, 1.165) is 19.3 Å². The number of halogens is 2. The number of ether oxygens (including phenoxy) is 1. The van der Waals surface area contributed by atoms with Gasteiger partial charge in [-0.15, -0.1) is 11.3 Å². The second kappa shape index (κ2) is 7.72. The average molecular weight is 399 g/mol. The molecular formula is C17H16Cl2N2O3S. The Balaban J connectivity index is 1.56. The van der Waals surface area contributed by atoms with Crippen LogP contribution in [-0.4, -0.2) is 23.5 Å². The molecule has 132 valence electrons. The number of thiophene rings is 1. The van der Waals surface area contributed by atoms with Crippen LogP contribution >= 0.6 is 34.5 Å². The summed E-state index contributed by atoms with van der Waals surface area (Å²) in [7, 11) is 0. The molecule has 1 amide bonds. The second-order valence-electron chi connectivity index (χ2n) is 6.02. The third-order valence-corrected chi connectivity index (χ3v) is 5.64. The van der Waals surface area contributed by atoms with Crippen molar-refractivity contribution in [3.63, 3.8) is 0 Å². The molecule has 1 atom stereocenters. The van der Waals surface area contributed by atoms with Crippen LogP contribution in [-0.2, 0) is 22.4 Å². The highest BCUT2D eigenvalue weighted by Gasteiger charge is 2.22. The Hall–Kier alpha value is -1.63. The first kappa shape index (κ1) is 18.2. The van der Waals surface area contributed by atoms with Gasteiger partial charge >= 0.3 is 5.97 Å². The van der Waals surface area contributed by atoms with Crippen molar-refractivity contribution < 1.29 is 14.3 Å². The maximum Gasteiger partial charge on any atom is 0.348 e. The molecule has 0 aromatic carbocycles. The average Bonchev–Trinajstić information content (AvgIpc) is 2.98. The molecule has 1 aliphatic carbocycles. The molecule has 0 aliphatic heterocycles. The first-order chi connectivity index (χ1) is 11.9. The van der Waals surface area contributed by atoms with Crippen molar-refractivity contribution in [1.29, 1.82) is 0 Å². The zero-order chi connectivity index (χ0) is 18.0. The van der Waals surface area contributed by atoms with Crippen molar-refractivity contribution in [2.24, 2.45) is 5.92 Å². The Morgan fingerprint density at radius 2 is 2.20 bits per heavy atom. The van der Waals surface area contributed by atoms with Gasteiger partial charge in [-0.1, -0.05) is 30.1 Å². The number of amides is 1. The molecule has 1 aliphatic rings. The predicted octanol–water partition coefficient (Wildman–Crippen LogP) is 4.37. The minimum atomic E-state index is -0.514. The number of carbonyl (C=O) groups excluding carboxylic acids is 2. The quantitative estimate of drug-likeness (QED) is 0.776. The van der Waals surface area contributed by atoms with Crippen LogP contribution in [0.1, 0.15) is 33.5 Å². The van der Waals surface area contributed by atoms with Crippen molar-refractivity contribution in [2.45, 2.75) is 26.2 Å². The van der Waals surface area contributed by atoms with E-state index in [9.17, 15) is 9.59 Å². The topological polar surface area (TPSA) is 68.3 Å². The molecule has 0 unspecified atom stereocenters. The van der Waals surface area contributed by atoms with Crippen LogP contribution in [0.4, 0.5) is 5.82 Å². The van der Waals surface area contributed by atoms with Crippen LogP contribution in [0, 0.1) is 5.92 Å². The number of esters is 1. The molecule has 0 spiro atoms. The van der Waals surface area contributed by atoms with Crippen LogP contribution < -0.4 is 5.32 Å². The molecule has 1 N–H and O–H groups in total. The van der Waals surface area contributed by atoms with E-state index in [4.69, 9.17) is 27.9 Å². The first-order valence-corrected chi connectivity index (χ1v) is 9.39. The summed E-state index contributed by atoms with van der Waals surface area (Å²) in [6, 6.07) is 3.35. The number of nitrogens with zero attached hydrogens (tertiary/aromatic N) is 1. The van der Waals surface area contributed by atoms with Crippen molar-refractivity contribution in [3.8, 4) is 0 Å². The van der Waals surface area contributed by atoms with Crippen molar-refractivity contribution >= 4 is 52.2 Å². The maximum absolute atomic E-state index is 12.2. The number of rotatable bonds is 4. The van der Waals surface area contributed by atoms with E-state index >= 15 is 0 Å². The summed E-state index contributed by atoms with van der Waals surface area (Å²) in [6.45, 7) is 1.80. The van der Waals surface area contributed by atoms with E-state index < -0.39 is 18.5 Å². The van der Waals surface area contributed by atoms with Crippen molar-refractivity contribution in [1.82, 2.24) is 4.98 Å². The summed E-state index contributed by atoms with van der Waals surface area (Å²) in [5.41, 5.74) is 1.22. The van der Waals surface area contributed by atoms with Gasteiger partial charge in [0.05, 0.1) is 10.0 Å². The van der Waals surface area contributed by atoms with Gasteiger partial charge in [0, 0.05) is 11.1 Å². The first-order valence-electron chi connectivity index (χ1n) is 7.82. The largest absolute Gasteiger partial charge is 0.451 e. The Labute approximate surface area is 159 Å². The minimum absolute atomic E-state index is 0.174. The van der Waals surface area contributed by atoms with Gasteiger partial charge in [0.1, 0.15) is 4.88 Å². The smallest absolute Gasteiger partial charge is 0.348 e. The fraction of sp³-hybridized carbons (Fsp3) is 0.353. The van der Waals surface area contributed by atoms with E-state index in [1.807, 2.05) is 6.07 Å². The summed E-state index contributed by atoms with van der Waals surface area (Å²) in [6.07, 6.45) is 4.49. The van der Waals surface area contributed by atoms with E-state index in [1.165, 1.54) is 34.0 Å². The van der Waals surface area contributed by atoms with Crippen molar-refractivity contribution in [3.05, 3.63) is 43.7 Å².